The summed E-state index contributed by atoms with van der Waals surface area (Å²) in [6, 6.07) is 0.123. The molecule has 0 saturated carbocycles. The normalized spacial score (nSPS) is 17.5. The SMILES string of the molecule is CN(CC(=O)O)S(=O)(=O)c1cnn(C2CCOCC2)c1. The van der Waals surface area contributed by atoms with E-state index in [2.05, 4.69) is 5.10 Å². The molecule has 0 aliphatic carbocycles. The molecule has 112 valence electrons. The van der Waals surface area contributed by atoms with Crippen molar-refractivity contribution in [2.75, 3.05) is 26.8 Å². The molecule has 0 radical (unpaired) electrons. The van der Waals surface area contributed by atoms with Gasteiger partial charge in [-0.2, -0.15) is 9.40 Å². The number of rotatable bonds is 5. The van der Waals surface area contributed by atoms with Crippen molar-refractivity contribution in [3.8, 4) is 0 Å². The molecule has 1 aliphatic heterocycles. The zero-order valence-electron chi connectivity index (χ0n) is 11.1. The van der Waals surface area contributed by atoms with Gasteiger partial charge in [-0.25, -0.2) is 8.42 Å². The third kappa shape index (κ3) is 3.17. The van der Waals surface area contributed by atoms with Crippen LogP contribution < -0.4 is 0 Å². The fourth-order valence-corrected chi connectivity index (χ4v) is 3.12. The van der Waals surface area contributed by atoms with Crippen LogP contribution in [0.5, 0.6) is 0 Å². The van der Waals surface area contributed by atoms with Gasteiger partial charge in [0, 0.05) is 26.5 Å². The van der Waals surface area contributed by atoms with E-state index in [1.165, 1.54) is 19.4 Å². The van der Waals surface area contributed by atoms with Gasteiger partial charge in [-0.1, -0.05) is 0 Å². The van der Waals surface area contributed by atoms with Crippen LogP contribution in [0, 0.1) is 0 Å². The summed E-state index contributed by atoms with van der Waals surface area (Å²) in [7, 11) is -2.58. The second kappa shape index (κ2) is 5.90. The van der Waals surface area contributed by atoms with E-state index in [1.807, 2.05) is 0 Å². The fraction of sp³-hybridized carbons (Fsp3) is 0.636. The highest BCUT2D eigenvalue weighted by molar-refractivity contribution is 7.89. The third-order valence-electron chi connectivity index (χ3n) is 3.21. The zero-order chi connectivity index (χ0) is 14.8. The molecule has 9 heteroatoms. The molecule has 8 nitrogen and oxygen atoms in total. The van der Waals surface area contributed by atoms with E-state index in [0.717, 1.165) is 17.1 Å². The molecule has 0 atom stereocenters. The number of carbonyl (C=O) groups is 1. The Hall–Kier alpha value is -1.45. The first kappa shape index (κ1) is 14.9. The molecule has 2 rings (SSSR count). The van der Waals surface area contributed by atoms with Crippen LogP contribution in [0.1, 0.15) is 18.9 Å². The lowest BCUT2D eigenvalue weighted by molar-refractivity contribution is -0.137. The van der Waals surface area contributed by atoms with Crippen LogP contribution in [0.25, 0.3) is 0 Å². The number of hydrogen-bond acceptors (Lipinski definition) is 5. The number of carboxylic acid groups (broad SMARTS) is 1. The van der Waals surface area contributed by atoms with Crippen LogP contribution in [0.4, 0.5) is 0 Å². The highest BCUT2D eigenvalue weighted by Crippen LogP contribution is 2.22. The summed E-state index contributed by atoms with van der Waals surface area (Å²) in [5.74, 6) is -1.20. The van der Waals surface area contributed by atoms with E-state index < -0.39 is 22.5 Å². The maximum atomic E-state index is 12.1. The quantitative estimate of drug-likeness (QED) is 0.817. The van der Waals surface area contributed by atoms with Crippen LogP contribution in [0.15, 0.2) is 17.3 Å². The first-order chi connectivity index (χ1) is 9.41. The summed E-state index contributed by atoms with van der Waals surface area (Å²) in [5, 5.41) is 12.7. The third-order valence-corrected chi connectivity index (χ3v) is 4.97. The van der Waals surface area contributed by atoms with Crippen LogP contribution in [-0.2, 0) is 19.6 Å². The second-order valence-corrected chi connectivity index (χ2v) is 6.70. The van der Waals surface area contributed by atoms with Crippen LogP contribution >= 0.6 is 0 Å². The van der Waals surface area contributed by atoms with Gasteiger partial charge in [0.15, 0.2) is 0 Å². The summed E-state index contributed by atoms with van der Waals surface area (Å²) < 4.78 is 31.9. The number of aliphatic carboxylic acids is 1. The minimum Gasteiger partial charge on any atom is -0.480 e. The minimum atomic E-state index is -3.81. The summed E-state index contributed by atoms with van der Waals surface area (Å²) in [5.41, 5.74) is 0. The van der Waals surface area contributed by atoms with Gasteiger partial charge >= 0.3 is 5.97 Å². The molecular formula is C11H17N3O5S. The van der Waals surface area contributed by atoms with Crippen molar-refractivity contribution in [2.45, 2.75) is 23.8 Å². The Bertz CT molecular complexity index is 577. The molecule has 2 heterocycles. The Balaban J connectivity index is 2.16. The van der Waals surface area contributed by atoms with Gasteiger partial charge in [-0.15, -0.1) is 0 Å². The van der Waals surface area contributed by atoms with Crippen molar-refractivity contribution in [3.05, 3.63) is 12.4 Å². The van der Waals surface area contributed by atoms with Crippen LogP contribution in [-0.4, -0.2) is 60.4 Å². The Labute approximate surface area is 117 Å². The average Bonchev–Trinajstić information content (AvgIpc) is 2.89. The molecule has 0 unspecified atom stereocenters. The van der Waals surface area contributed by atoms with E-state index in [-0.39, 0.29) is 10.9 Å². The molecule has 0 aromatic carbocycles. The number of ether oxygens (including phenoxy) is 1. The predicted octanol–water partition coefficient (Wildman–Crippen LogP) is -0.0603. The van der Waals surface area contributed by atoms with Gasteiger partial charge in [-0.05, 0) is 12.8 Å². The number of likely N-dealkylation sites (N-methyl/N-ethyl adjacent to an activating group) is 1. The summed E-state index contributed by atoms with van der Waals surface area (Å²) in [4.78, 5) is 10.6. The molecule has 1 aromatic rings. The van der Waals surface area contributed by atoms with Crippen molar-refractivity contribution in [1.29, 1.82) is 0 Å². The number of nitrogens with zero attached hydrogens (tertiary/aromatic N) is 3. The molecule has 1 saturated heterocycles. The van der Waals surface area contributed by atoms with Crippen LogP contribution in [0.3, 0.4) is 0 Å². The number of aromatic nitrogens is 2. The maximum Gasteiger partial charge on any atom is 0.318 e. The lowest BCUT2D eigenvalue weighted by atomic mass is 10.1. The van der Waals surface area contributed by atoms with Crippen molar-refractivity contribution < 1.29 is 23.1 Å². The second-order valence-electron chi connectivity index (χ2n) is 4.65. The van der Waals surface area contributed by atoms with Gasteiger partial charge in [0.1, 0.15) is 11.4 Å². The first-order valence-electron chi connectivity index (χ1n) is 6.21. The molecule has 0 spiro atoms. The summed E-state index contributed by atoms with van der Waals surface area (Å²) in [6.07, 6.45) is 4.27. The molecule has 1 fully saturated rings. The average molecular weight is 303 g/mol. The van der Waals surface area contributed by atoms with Crippen molar-refractivity contribution in [3.63, 3.8) is 0 Å². The molecule has 20 heavy (non-hydrogen) atoms. The standard InChI is InChI=1S/C11H17N3O5S/c1-13(8-11(15)16)20(17,18)10-6-12-14(7-10)9-2-4-19-5-3-9/h6-7,9H,2-5,8H2,1H3,(H,15,16). The smallest absolute Gasteiger partial charge is 0.318 e. The molecule has 1 aliphatic rings. The van der Waals surface area contributed by atoms with E-state index in [4.69, 9.17) is 9.84 Å². The zero-order valence-corrected chi connectivity index (χ0v) is 11.9. The van der Waals surface area contributed by atoms with Crippen molar-refractivity contribution >= 4 is 16.0 Å². The summed E-state index contributed by atoms with van der Waals surface area (Å²) >= 11 is 0. The molecular weight excluding hydrogens is 286 g/mol. The van der Waals surface area contributed by atoms with E-state index >= 15 is 0 Å². The van der Waals surface area contributed by atoms with Crippen molar-refractivity contribution in [1.82, 2.24) is 14.1 Å². The van der Waals surface area contributed by atoms with E-state index in [0.29, 0.717) is 13.2 Å². The Morgan fingerprint density at radius 1 is 1.55 bits per heavy atom. The molecule has 1 N–H and O–H groups in total. The minimum absolute atomic E-state index is 0.00717. The Morgan fingerprint density at radius 2 is 2.20 bits per heavy atom. The van der Waals surface area contributed by atoms with Gasteiger partial charge in [0.05, 0.1) is 12.2 Å². The maximum absolute atomic E-state index is 12.1. The number of carboxylic acids is 1. The first-order valence-corrected chi connectivity index (χ1v) is 7.65. The predicted molar refractivity (Wildman–Crippen MR) is 68.8 cm³/mol. The number of sulfonamides is 1. The molecule has 1 aromatic heterocycles. The summed E-state index contributed by atoms with van der Waals surface area (Å²) in [6.45, 7) is 0.682. The van der Waals surface area contributed by atoms with E-state index in [9.17, 15) is 13.2 Å². The fourth-order valence-electron chi connectivity index (χ4n) is 2.06. The van der Waals surface area contributed by atoms with Gasteiger partial charge in [-0.3, -0.25) is 9.48 Å². The Morgan fingerprint density at radius 3 is 2.80 bits per heavy atom. The largest absolute Gasteiger partial charge is 0.480 e. The van der Waals surface area contributed by atoms with Gasteiger partial charge < -0.3 is 9.84 Å². The van der Waals surface area contributed by atoms with Gasteiger partial charge in [0.2, 0.25) is 10.0 Å². The lowest BCUT2D eigenvalue weighted by Gasteiger charge is -2.22. The molecule has 0 bridgehead atoms. The van der Waals surface area contributed by atoms with E-state index in [1.54, 1.807) is 4.68 Å². The highest BCUT2D eigenvalue weighted by atomic mass is 32.2. The van der Waals surface area contributed by atoms with Crippen molar-refractivity contribution in [2.24, 2.45) is 0 Å². The van der Waals surface area contributed by atoms with Crippen LogP contribution in [0.2, 0.25) is 0 Å². The molecule has 0 amide bonds. The lowest BCUT2D eigenvalue weighted by Crippen LogP contribution is -2.31. The topological polar surface area (TPSA) is 102 Å². The number of hydrogen-bond donors (Lipinski definition) is 1. The monoisotopic (exact) mass is 303 g/mol. The Kier molecular flexibility index (Phi) is 4.41. The van der Waals surface area contributed by atoms with Gasteiger partial charge in [0.25, 0.3) is 0 Å². The highest BCUT2D eigenvalue weighted by Gasteiger charge is 2.26.